The molecule has 2 heterocycles. The lowest BCUT2D eigenvalue weighted by atomic mass is 9.75. The van der Waals surface area contributed by atoms with E-state index in [1.807, 2.05) is 6.92 Å². The first kappa shape index (κ1) is 17.4. The van der Waals surface area contributed by atoms with E-state index in [0.29, 0.717) is 38.8 Å². The van der Waals surface area contributed by atoms with Crippen molar-refractivity contribution in [2.75, 3.05) is 13.1 Å². The van der Waals surface area contributed by atoms with E-state index in [0.717, 1.165) is 0 Å². The number of hydrogen-bond donors (Lipinski definition) is 2. The number of carbonyl (C=O) groups excluding carboxylic acids is 4. The maximum atomic E-state index is 12.5. The highest BCUT2D eigenvalue weighted by Crippen LogP contribution is 2.36. The van der Waals surface area contributed by atoms with Crippen LogP contribution in [0, 0.1) is 5.41 Å². The van der Waals surface area contributed by atoms with Crippen LogP contribution < -0.4 is 10.6 Å². The van der Waals surface area contributed by atoms with Gasteiger partial charge in [0.15, 0.2) is 0 Å². The molecule has 2 rings (SSSR count). The largest absolute Gasteiger partial charge is 0.356 e. The molecule has 2 aliphatic rings. The molecule has 0 radical (unpaired) electrons. The number of fused-ring (bicyclic) bond motifs is 1. The second kappa shape index (κ2) is 6.68. The Labute approximate surface area is 136 Å². The molecule has 128 valence electrons. The van der Waals surface area contributed by atoms with E-state index in [9.17, 15) is 19.2 Å². The molecule has 2 fully saturated rings. The number of amides is 3. The molecule has 7 nitrogen and oxygen atoms in total. The summed E-state index contributed by atoms with van der Waals surface area (Å²) in [6.45, 7) is 5.90. The van der Waals surface area contributed by atoms with Gasteiger partial charge in [-0.15, -0.1) is 0 Å². The van der Waals surface area contributed by atoms with Crippen molar-refractivity contribution in [1.82, 2.24) is 15.5 Å². The average Bonchev–Trinajstić information content (AvgIpc) is 2.49. The summed E-state index contributed by atoms with van der Waals surface area (Å²) in [6, 6.07) is -1.07. The smallest absolute Gasteiger partial charge is 0.245 e. The lowest BCUT2D eigenvalue weighted by molar-refractivity contribution is -0.156. The van der Waals surface area contributed by atoms with Crippen LogP contribution in [0.5, 0.6) is 0 Å². The summed E-state index contributed by atoms with van der Waals surface area (Å²) in [5, 5.41) is 5.52. The molecule has 2 saturated heterocycles. The number of nitrogens with zero attached hydrogens (tertiary/aromatic N) is 1. The molecule has 0 aliphatic carbocycles. The summed E-state index contributed by atoms with van der Waals surface area (Å²) in [6.07, 6.45) is 1.93. The van der Waals surface area contributed by atoms with Gasteiger partial charge >= 0.3 is 0 Å². The van der Waals surface area contributed by atoms with Gasteiger partial charge in [-0.3, -0.25) is 14.4 Å². The van der Waals surface area contributed by atoms with E-state index in [1.165, 1.54) is 6.92 Å². The van der Waals surface area contributed by atoms with Crippen LogP contribution in [-0.2, 0) is 19.2 Å². The number of ketones is 1. The lowest BCUT2D eigenvalue weighted by Gasteiger charge is -2.46. The summed E-state index contributed by atoms with van der Waals surface area (Å²) >= 11 is 0. The van der Waals surface area contributed by atoms with Gasteiger partial charge in [-0.05, 0) is 33.1 Å². The quantitative estimate of drug-likeness (QED) is 0.696. The van der Waals surface area contributed by atoms with Gasteiger partial charge in [0.2, 0.25) is 17.7 Å². The third-order valence-electron chi connectivity index (χ3n) is 4.78. The number of piperidine rings is 1. The van der Waals surface area contributed by atoms with Crippen molar-refractivity contribution in [3.05, 3.63) is 0 Å². The summed E-state index contributed by atoms with van der Waals surface area (Å²) < 4.78 is 0. The molecule has 0 aromatic rings. The molecule has 3 amide bonds. The van der Waals surface area contributed by atoms with Crippen molar-refractivity contribution in [2.24, 2.45) is 5.41 Å². The number of carbonyl (C=O) groups is 4. The van der Waals surface area contributed by atoms with Crippen LogP contribution in [0.15, 0.2) is 0 Å². The maximum absolute atomic E-state index is 12.5. The molecule has 2 N–H and O–H groups in total. The predicted molar refractivity (Wildman–Crippen MR) is 83.4 cm³/mol. The molecular weight excluding hydrogens is 298 g/mol. The number of piperazine rings is 1. The zero-order valence-corrected chi connectivity index (χ0v) is 14.0. The van der Waals surface area contributed by atoms with E-state index >= 15 is 0 Å². The van der Waals surface area contributed by atoms with Gasteiger partial charge in [0.05, 0.1) is 5.41 Å². The van der Waals surface area contributed by atoms with Gasteiger partial charge in [0.1, 0.15) is 17.9 Å². The van der Waals surface area contributed by atoms with Crippen molar-refractivity contribution in [3.63, 3.8) is 0 Å². The highest BCUT2D eigenvalue weighted by molar-refractivity contribution is 5.97. The first-order valence-corrected chi connectivity index (χ1v) is 8.13. The van der Waals surface area contributed by atoms with Crippen molar-refractivity contribution >= 4 is 23.5 Å². The number of Topliss-reactive ketones (excluding diaryl/α,β-unsaturated/α-hetero) is 1. The Morgan fingerprint density at radius 1 is 1.39 bits per heavy atom. The van der Waals surface area contributed by atoms with Crippen LogP contribution in [0.4, 0.5) is 0 Å². The molecule has 23 heavy (non-hydrogen) atoms. The molecule has 0 saturated carbocycles. The molecule has 2 aliphatic heterocycles. The van der Waals surface area contributed by atoms with E-state index in [4.69, 9.17) is 0 Å². The Morgan fingerprint density at radius 3 is 2.74 bits per heavy atom. The first-order valence-electron chi connectivity index (χ1n) is 8.13. The zero-order chi connectivity index (χ0) is 17.2. The van der Waals surface area contributed by atoms with Crippen LogP contribution in [0.3, 0.4) is 0 Å². The summed E-state index contributed by atoms with van der Waals surface area (Å²) in [5.41, 5.74) is -0.671. The third kappa shape index (κ3) is 3.71. The normalized spacial score (nSPS) is 30.5. The first-order chi connectivity index (χ1) is 10.7. The molecule has 0 aromatic carbocycles. The number of hydrogen-bond acceptors (Lipinski definition) is 4. The van der Waals surface area contributed by atoms with E-state index in [-0.39, 0.29) is 23.5 Å². The molecular formula is C16H25N3O4. The van der Waals surface area contributed by atoms with Crippen LogP contribution in [0.1, 0.15) is 46.5 Å². The van der Waals surface area contributed by atoms with Gasteiger partial charge in [0, 0.05) is 19.5 Å². The fourth-order valence-electron chi connectivity index (χ4n) is 3.24. The average molecular weight is 323 g/mol. The maximum Gasteiger partial charge on any atom is 0.245 e. The SMILES string of the molecule is CC(=O)CCCNC(=O)[C@]1(C)CCN2C(=O)[C@@H](C)NC(=O)[C@@H]2C1. The topological polar surface area (TPSA) is 95.6 Å². The van der Waals surface area contributed by atoms with Crippen LogP contribution in [0.2, 0.25) is 0 Å². The molecule has 0 bridgehead atoms. The van der Waals surface area contributed by atoms with Crippen LogP contribution in [0.25, 0.3) is 0 Å². The van der Waals surface area contributed by atoms with Crippen molar-refractivity contribution in [1.29, 1.82) is 0 Å². The minimum absolute atomic E-state index is 0.0847. The fraction of sp³-hybridized carbons (Fsp3) is 0.750. The van der Waals surface area contributed by atoms with Gasteiger partial charge in [0.25, 0.3) is 0 Å². The lowest BCUT2D eigenvalue weighted by Crippen LogP contribution is -2.66. The van der Waals surface area contributed by atoms with E-state index in [1.54, 1.807) is 11.8 Å². The monoisotopic (exact) mass is 323 g/mol. The summed E-state index contributed by atoms with van der Waals surface area (Å²) in [7, 11) is 0. The van der Waals surface area contributed by atoms with Gasteiger partial charge in [-0.25, -0.2) is 0 Å². The van der Waals surface area contributed by atoms with E-state index < -0.39 is 17.5 Å². The molecule has 3 atom stereocenters. The Bertz CT molecular complexity index is 533. The number of rotatable bonds is 5. The second-order valence-electron chi connectivity index (χ2n) is 6.85. The summed E-state index contributed by atoms with van der Waals surface area (Å²) in [5.74, 6) is -0.282. The highest BCUT2D eigenvalue weighted by atomic mass is 16.2. The van der Waals surface area contributed by atoms with Gasteiger partial charge < -0.3 is 20.3 Å². The minimum Gasteiger partial charge on any atom is -0.356 e. The number of nitrogens with one attached hydrogen (secondary N) is 2. The highest BCUT2D eigenvalue weighted by Gasteiger charge is 2.48. The Hall–Kier alpha value is -1.92. The molecule has 0 spiro atoms. The second-order valence-corrected chi connectivity index (χ2v) is 6.85. The Morgan fingerprint density at radius 2 is 2.09 bits per heavy atom. The Balaban J connectivity index is 1.96. The molecule has 0 aromatic heterocycles. The zero-order valence-electron chi connectivity index (χ0n) is 14.0. The molecule has 7 heteroatoms. The van der Waals surface area contributed by atoms with E-state index in [2.05, 4.69) is 10.6 Å². The fourth-order valence-corrected chi connectivity index (χ4v) is 3.24. The third-order valence-corrected chi connectivity index (χ3v) is 4.78. The minimum atomic E-state index is -0.671. The predicted octanol–water partition coefficient (Wildman–Crippen LogP) is -0.0126. The summed E-state index contributed by atoms with van der Waals surface area (Å²) in [4.78, 5) is 49.3. The molecule has 0 unspecified atom stereocenters. The van der Waals surface area contributed by atoms with Crippen molar-refractivity contribution < 1.29 is 19.2 Å². The van der Waals surface area contributed by atoms with Crippen molar-refractivity contribution in [3.8, 4) is 0 Å². The van der Waals surface area contributed by atoms with Gasteiger partial charge in [-0.1, -0.05) is 6.92 Å². The van der Waals surface area contributed by atoms with Gasteiger partial charge in [-0.2, -0.15) is 0 Å². The van der Waals surface area contributed by atoms with Crippen LogP contribution >= 0.6 is 0 Å². The Kier molecular flexibility index (Phi) is 5.06. The van der Waals surface area contributed by atoms with Crippen LogP contribution in [-0.4, -0.2) is 53.6 Å². The van der Waals surface area contributed by atoms with Crippen molar-refractivity contribution in [2.45, 2.75) is 58.5 Å². The standard InChI is InChI=1S/C16H25N3O4/c1-10(20)5-4-7-17-15(23)16(3)6-8-19-12(9-16)13(21)18-11(2)14(19)22/h11-12H,4-9H2,1-3H3,(H,17,23)(H,18,21)/t11-,12+,16-/m1/s1.